The predicted octanol–water partition coefficient (Wildman–Crippen LogP) is 0.190. The van der Waals surface area contributed by atoms with Gasteiger partial charge in [-0.05, 0) is 26.3 Å². The summed E-state index contributed by atoms with van der Waals surface area (Å²) < 4.78 is 27.4. The zero-order valence-electron chi connectivity index (χ0n) is 8.88. The van der Waals surface area contributed by atoms with Gasteiger partial charge in [-0.25, -0.2) is 8.42 Å². The molecule has 0 bridgehead atoms. The van der Waals surface area contributed by atoms with Gasteiger partial charge in [0.05, 0.1) is 18.0 Å². The molecule has 1 aliphatic heterocycles. The van der Waals surface area contributed by atoms with E-state index in [1.54, 1.807) is 0 Å². The number of piperidine rings is 1. The third-order valence-electron chi connectivity index (χ3n) is 2.46. The largest absolute Gasteiger partial charge is 0.373 e. The monoisotopic (exact) mass is 221 g/mol. The number of hydrogen-bond acceptors (Lipinski definition) is 4. The van der Waals surface area contributed by atoms with Crippen molar-refractivity contribution in [3.63, 3.8) is 0 Å². The van der Waals surface area contributed by atoms with Crippen LogP contribution in [-0.4, -0.2) is 45.7 Å². The summed E-state index contributed by atoms with van der Waals surface area (Å²) in [4.78, 5) is 0. The van der Waals surface area contributed by atoms with Crippen molar-refractivity contribution in [2.75, 3.05) is 31.7 Å². The molecule has 1 N–H and O–H groups in total. The van der Waals surface area contributed by atoms with Crippen LogP contribution >= 0.6 is 0 Å². The maximum Gasteiger partial charge on any atom is 0.149 e. The van der Waals surface area contributed by atoms with Crippen molar-refractivity contribution in [2.24, 2.45) is 0 Å². The van der Waals surface area contributed by atoms with Gasteiger partial charge in [-0.2, -0.15) is 0 Å². The Hall–Kier alpha value is -0.130. The molecule has 0 aliphatic carbocycles. The van der Waals surface area contributed by atoms with Crippen LogP contribution in [0.25, 0.3) is 0 Å². The first-order valence-corrected chi connectivity index (χ1v) is 7.00. The van der Waals surface area contributed by atoms with E-state index in [0.717, 1.165) is 25.9 Å². The van der Waals surface area contributed by atoms with E-state index in [9.17, 15) is 8.42 Å². The van der Waals surface area contributed by atoms with Gasteiger partial charge >= 0.3 is 0 Å². The SMILES string of the molecule is CC1(OCCS(C)(=O)=O)CCCNC1. The Bertz CT molecular complexity index is 268. The van der Waals surface area contributed by atoms with Crippen LogP contribution < -0.4 is 5.32 Å². The van der Waals surface area contributed by atoms with Crippen LogP contribution in [0.1, 0.15) is 19.8 Å². The molecule has 0 radical (unpaired) electrons. The van der Waals surface area contributed by atoms with E-state index < -0.39 is 9.84 Å². The fourth-order valence-electron chi connectivity index (χ4n) is 1.59. The Morgan fingerprint density at radius 3 is 2.71 bits per heavy atom. The minimum Gasteiger partial charge on any atom is -0.373 e. The van der Waals surface area contributed by atoms with Crippen molar-refractivity contribution in [1.82, 2.24) is 5.32 Å². The smallest absolute Gasteiger partial charge is 0.149 e. The van der Waals surface area contributed by atoms with Crippen LogP contribution in [0.15, 0.2) is 0 Å². The lowest BCUT2D eigenvalue weighted by atomic mass is 9.96. The molecule has 0 spiro atoms. The molecule has 1 heterocycles. The summed E-state index contributed by atoms with van der Waals surface area (Å²) >= 11 is 0. The molecule has 84 valence electrons. The molecule has 0 saturated carbocycles. The van der Waals surface area contributed by atoms with E-state index in [1.807, 2.05) is 6.92 Å². The first-order chi connectivity index (χ1) is 6.41. The van der Waals surface area contributed by atoms with Gasteiger partial charge in [-0.15, -0.1) is 0 Å². The lowest BCUT2D eigenvalue weighted by Gasteiger charge is -2.34. The van der Waals surface area contributed by atoms with Gasteiger partial charge in [-0.1, -0.05) is 0 Å². The second-order valence-corrected chi connectivity index (χ2v) is 6.47. The topological polar surface area (TPSA) is 55.4 Å². The fourth-order valence-corrected chi connectivity index (χ4v) is 1.98. The third kappa shape index (κ3) is 4.39. The maximum atomic E-state index is 10.9. The minimum absolute atomic E-state index is 0.114. The average Bonchev–Trinajstić information content (AvgIpc) is 2.02. The average molecular weight is 221 g/mol. The van der Waals surface area contributed by atoms with Crippen LogP contribution in [0.3, 0.4) is 0 Å². The van der Waals surface area contributed by atoms with Crippen molar-refractivity contribution in [3.8, 4) is 0 Å². The summed E-state index contributed by atoms with van der Waals surface area (Å²) in [5.74, 6) is 0.114. The van der Waals surface area contributed by atoms with E-state index in [0.29, 0.717) is 6.61 Å². The molecule has 1 aliphatic rings. The highest BCUT2D eigenvalue weighted by molar-refractivity contribution is 7.90. The van der Waals surface area contributed by atoms with Crippen molar-refractivity contribution in [2.45, 2.75) is 25.4 Å². The lowest BCUT2D eigenvalue weighted by molar-refractivity contribution is -0.0391. The highest BCUT2D eigenvalue weighted by atomic mass is 32.2. The van der Waals surface area contributed by atoms with Crippen molar-refractivity contribution in [3.05, 3.63) is 0 Å². The summed E-state index contributed by atoms with van der Waals surface area (Å²) in [7, 11) is -2.90. The van der Waals surface area contributed by atoms with Crippen molar-refractivity contribution in [1.29, 1.82) is 0 Å². The molecule has 4 nitrogen and oxygen atoms in total. The number of nitrogens with one attached hydrogen (secondary N) is 1. The number of hydrogen-bond donors (Lipinski definition) is 1. The quantitative estimate of drug-likeness (QED) is 0.736. The highest BCUT2D eigenvalue weighted by Crippen LogP contribution is 2.19. The highest BCUT2D eigenvalue weighted by Gasteiger charge is 2.27. The van der Waals surface area contributed by atoms with Crippen LogP contribution in [0.2, 0.25) is 0 Å². The van der Waals surface area contributed by atoms with E-state index in [4.69, 9.17) is 4.74 Å². The van der Waals surface area contributed by atoms with Gasteiger partial charge in [0, 0.05) is 12.8 Å². The maximum absolute atomic E-state index is 10.9. The molecule has 1 atom stereocenters. The van der Waals surface area contributed by atoms with Crippen LogP contribution in [0.5, 0.6) is 0 Å². The molecular formula is C9H19NO3S. The second kappa shape index (κ2) is 4.59. The van der Waals surface area contributed by atoms with Crippen LogP contribution in [0, 0.1) is 0 Å². The molecule has 5 heteroatoms. The van der Waals surface area contributed by atoms with E-state index in [-0.39, 0.29) is 11.4 Å². The number of ether oxygens (including phenoxy) is 1. The van der Waals surface area contributed by atoms with E-state index in [2.05, 4.69) is 5.32 Å². The van der Waals surface area contributed by atoms with Crippen LogP contribution in [0.4, 0.5) is 0 Å². The number of sulfone groups is 1. The molecular weight excluding hydrogens is 202 g/mol. The van der Waals surface area contributed by atoms with E-state index >= 15 is 0 Å². The summed E-state index contributed by atoms with van der Waals surface area (Å²) in [5, 5.41) is 3.25. The molecule has 0 aromatic heterocycles. The normalized spacial score (nSPS) is 29.0. The van der Waals surface area contributed by atoms with Gasteiger partial charge in [0.25, 0.3) is 0 Å². The Labute approximate surface area is 85.9 Å². The molecule has 14 heavy (non-hydrogen) atoms. The van der Waals surface area contributed by atoms with Gasteiger partial charge in [-0.3, -0.25) is 0 Å². The molecule has 0 aromatic rings. The predicted molar refractivity (Wildman–Crippen MR) is 56.2 cm³/mol. The first-order valence-electron chi connectivity index (χ1n) is 4.94. The zero-order chi connectivity index (χ0) is 10.7. The Morgan fingerprint density at radius 1 is 1.50 bits per heavy atom. The molecule has 0 aromatic carbocycles. The van der Waals surface area contributed by atoms with Crippen molar-refractivity contribution < 1.29 is 13.2 Å². The van der Waals surface area contributed by atoms with Gasteiger partial charge in [0.1, 0.15) is 9.84 Å². The fraction of sp³-hybridized carbons (Fsp3) is 1.00. The third-order valence-corrected chi connectivity index (χ3v) is 3.37. The van der Waals surface area contributed by atoms with Gasteiger partial charge < -0.3 is 10.1 Å². The summed E-state index contributed by atoms with van der Waals surface area (Å²) in [6.07, 6.45) is 3.33. The first kappa shape index (κ1) is 11.9. The number of rotatable bonds is 4. The Morgan fingerprint density at radius 2 is 2.21 bits per heavy atom. The minimum atomic E-state index is -2.90. The van der Waals surface area contributed by atoms with Crippen molar-refractivity contribution >= 4 is 9.84 Å². The Balaban J connectivity index is 2.29. The van der Waals surface area contributed by atoms with Gasteiger partial charge in [0.15, 0.2) is 0 Å². The lowest BCUT2D eigenvalue weighted by Crippen LogP contribution is -2.45. The molecule has 1 saturated heterocycles. The molecule has 1 rings (SSSR count). The van der Waals surface area contributed by atoms with Gasteiger partial charge in [0.2, 0.25) is 0 Å². The summed E-state index contributed by atoms with van der Waals surface area (Å²) in [6, 6.07) is 0. The standard InChI is InChI=1S/C9H19NO3S/c1-9(4-3-5-10-8-9)13-6-7-14(2,11)12/h10H,3-8H2,1-2H3. The van der Waals surface area contributed by atoms with E-state index in [1.165, 1.54) is 6.26 Å². The second-order valence-electron chi connectivity index (χ2n) is 4.21. The summed E-state index contributed by atoms with van der Waals surface area (Å²) in [6.45, 7) is 4.18. The molecule has 1 fully saturated rings. The Kier molecular flexibility index (Phi) is 3.92. The molecule has 0 amide bonds. The van der Waals surface area contributed by atoms with Crippen LogP contribution in [-0.2, 0) is 14.6 Å². The molecule has 1 unspecified atom stereocenters. The summed E-state index contributed by atoms with van der Waals surface area (Å²) in [5.41, 5.74) is -0.178. The zero-order valence-corrected chi connectivity index (χ0v) is 9.69.